The van der Waals surface area contributed by atoms with E-state index in [1.807, 2.05) is 92.5 Å². The van der Waals surface area contributed by atoms with E-state index >= 15 is 0 Å². The molecule has 4 aromatic rings. The zero-order chi connectivity index (χ0) is 33.1. The molecule has 0 aliphatic carbocycles. The summed E-state index contributed by atoms with van der Waals surface area (Å²) in [5.41, 5.74) is 7.65. The second-order valence-corrected chi connectivity index (χ2v) is 12.9. The molecule has 9 heteroatoms. The molecule has 4 heterocycles. The molecule has 246 valence electrons. The number of carbonyl (C=O) groups is 1. The topological polar surface area (TPSA) is 89.9 Å². The number of hydrogen-bond acceptors (Lipinski definition) is 8. The van der Waals surface area contributed by atoms with E-state index in [0.29, 0.717) is 59.3 Å². The van der Waals surface area contributed by atoms with Gasteiger partial charge >= 0.3 is 0 Å². The van der Waals surface area contributed by atoms with E-state index in [1.54, 1.807) is 7.11 Å². The van der Waals surface area contributed by atoms with Crippen molar-refractivity contribution in [1.82, 2.24) is 9.80 Å². The van der Waals surface area contributed by atoms with Gasteiger partial charge in [-0.25, -0.2) is 0 Å². The van der Waals surface area contributed by atoms with Crippen LogP contribution in [0, 0.1) is 13.8 Å². The Bertz CT molecular complexity index is 1940. The number of aromatic hydroxyl groups is 1. The Kier molecular flexibility index (Phi) is 7.53. The number of aryl methyl sites for hydroxylation is 1. The molecule has 3 atom stereocenters. The molecule has 0 spiro atoms. The fraction of sp³-hybridized carbons (Fsp3) is 0.308. The number of amides is 1. The number of nitrogens with zero attached hydrogens (tertiary/aromatic N) is 2. The molecule has 48 heavy (non-hydrogen) atoms. The Labute approximate surface area is 279 Å². The molecular weight excluding hydrogens is 608 g/mol. The Balaban J connectivity index is 1.29. The van der Waals surface area contributed by atoms with Crippen molar-refractivity contribution in [1.29, 1.82) is 0 Å². The SMILES string of the molecule is COc1c(C)cc2c(c1OCc1ccccc1)[C@@H]1C3=Cc4c(O)c(C)c5c(c4[C@H](COCc4ccccc4)N3C(=O)[C@H](C2)N1C)OCO5. The average molecular weight is 647 g/mol. The van der Waals surface area contributed by atoms with Crippen LogP contribution >= 0.6 is 0 Å². The normalized spacial score (nSPS) is 20.5. The van der Waals surface area contributed by atoms with Gasteiger partial charge in [0.2, 0.25) is 12.7 Å². The van der Waals surface area contributed by atoms with Crippen LogP contribution in [-0.4, -0.2) is 54.4 Å². The standard InChI is InChI=1S/C39H38N2O7/c1-22-15-26-16-29-39(43)41-28(33(40(29)3)31(26)37(35(22)44-4)46-19-25-13-9-6-10-14-25)17-27-32(38-36(47-21-48-38)23(2)34(27)42)30(41)20-45-18-24-11-7-5-8-12-24/h5-15,17,29-30,33,42H,16,18-21H2,1-4H3/t29-,30-,33-/m0/s1. The first-order valence-electron chi connectivity index (χ1n) is 16.3. The monoisotopic (exact) mass is 646 g/mol. The number of carbonyl (C=O) groups excluding carboxylic acids is 1. The molecule has 4 aromatic carbocycles. The van der Waals surface area contributed by atoms with E-state index in [4.69, 9.17) is 23.7 Å². The van der Waals surface area contributed by atoms with Gasteiger partial charge in [0.15, 0.2) is 23.0 Å². The predicted octanol–water partition coefficient (Wildman–Crippen LogP) is 6.38. The summed E-state index contributed by atoms with van der Waals surface area (Å²) >= 11 is 0. The minimum atomic E-state index is -0.570. The van der Waals surface area contributed by atoms with Gasteiger partial charge < -0.3 is 33.7 Å². The molecule has 1 amide bonds. The minimum absolute atomic E-state index is 0.0300. The van der Waals surface area contributed by atoms with E-state index < -0.39 is 12.1 Å². The number of rotatable bonds is 8. The second-order valence-electron chi connectivity index (χ2n) is 12.9. The lowest BCUT2D eigenvalue weighted by Gasteiger charge is -2.53. The number of ether oxygens (including phenoxy) is 5. The fourth-order valence-corrected chi connectivity index (χ4v) is 7.79. The van der Waals surface area contributed by atoms with Gasteiger partial charge in [-0.1, -0.05) is 66.7 Å². The Morgan fingerprint density at radius 1 is 0.917 bits per heavy atom. The van der Waals surface area contributed by atoms with E-state index in [1.165, 1.54) is 0 Å². The zero-order valence-electron chi connectivity index (χ0n) is 27.5. The maximum Gasteiger partial charge on any atom is 0.245 e. The number of piperazine rings is 1. The van der Waals surface area contributed by atoms with Gasteiger partial charge in [0, 0.05) is 28.0 Å². The Morgan fingerprint density at radius 3 is 2.31 bits per heavy atom. The number of phenolic OH excluding ortho intramolecular Hbond substituents is 1. The van der Waals surface area contributed by atoms with Crippen LogP contribution in [0.4, 0.5) is 0 Å². The van der Waals surface area contributed by atoms with E-state index in [0.717, 1.165) is 33.5 Å². The van der Waals surface area contributed by atoms with E-state index in [-0.39, 0.29) is 31.1 Å². The average Bonchev–Trinajstić information content (AvgIpc) is 3.59. The molecule has 0 unspecified atom stereocenters. The van der Waals surface area contributed by atoms with Gasteiger partial charge in [-0.05, 0) is 55.6 Å². The summed E-state index contributed by atoms with van der Waals surface area (Å²) in [7, 11) is 3.65. The molecule has 0 saturated carbocycles. The van der Waals surface area contributed by atoms with Crippen molar-refractivity contribution in [3.63, 3.8) is 0 Å². The lowest BCUT2D eigenvalue weighted by Crippen LogP contribution is -2.60. The number of fused-ring (bicyclic) bond motifs is 9. The van der Waals surface area contributed by atoms with Crippen molar-refractivity contribution in [2.24, 2.45) is 0 Å². The van der Waals surface area contributed by atoms with Gasteiger partial charge in [0.05, 0.1) is 38.4 Å². The maximum absolute atomic E-state index is 14.7. The van der Waals surface area contributed by atoms with Crippen molar-refractivity contribution in [2.45, 2.75) is 51.6 Å². The van der Waals surface area contributed by atoms with E-state index in [9.17, 15) is 9.90 Å². The third kappa shape index (κ3) is 4.71. The van der Waals surface area contributed by atoms with Gasteiger partial charge in [-0.3, -0.25) is 9.69 Å². The third-order valence-electron chi connectivity index (χ3n) is 10.1. The van der Waals surface area contributed by atoms with Crippen LogP contribution < -0.4 is 18.9 Å². The molecule has 1 N–H and O–H groups in total. The van der Waals surface area contributed by atoms with Crippen LogP contribution in [0.15, 0.2) is 72.4 Å². The first-order chi connectivity index (χ1) is 23.4. The molecule has 0 radical (unpaired) electrons. The highest BCUT2D eigenvalue weighted by atomic mass is 16.7. The highest BCUT2D eigenvalue weighted by Gasteiger charge is 2.53. The predicted molar refractivity (Wildman–Crippen MR) is 179 cm³/mol. The molecule has 8 rings (SSSR count). The summed E-state index contributed by atoms with van der Waals surface area (Å²) in [4.78, 5) is 18.7. The Morgan fingerprint density at radius 2 is 1.60 bits per heavy atom. The van der Waals surface area contributed by atoms with Crippen LogP contribution in [0.25, 0.3) is 6.08 Å². The summed E-state index contributed by atoms with van der Waals surface area (Å²) in [6.07, 6.45) is 2.45. The van der Waals surface area contributed by atoms with Gasteiger partial charge in [0.1, 0.15) is 12.4 Å². The van der Waals surface area contributed by atoms with Crippen molar-refractivity contribution in [3.8, 4) is 28.7 Å². The van der Waals surface area contributed by atoms with E-state index in [2.05, 4.69) is 11.0 Å². The summed E-state index contributed by atoms with van der Waals surface area (Å²) in [5.74, 6) is 2.45. The van der Waals surface area contributed by atoms with Gasteiger partial charge in [-0.2, -0.15) is 0 Å². The lowest BCUT2D eigenvalue weighted by atomic mass is 9.78. The van der Waals surface area contributed by atoms with Crippen molar-refractivity contribution >= 4 is 12.0 Å². The molecular formula is C39H38N2O7. The molecule has 2 bridgehead atoms. The molecule has 4 aliphatic rings. The zero-order valence-corrected chi connectivity index (χ0v) is 27.5. The van der Waals surface area contributed by atoms with Crippen molar-refractivity contribution in [2.75, 3.05) is 27.6 Å². The van der Waals surface area contributed by atoms with Crippen LogP contribution in [0.1, 0.15) is 56.6 Å². The summed E-state index contributed by atoms with van der Waals surface area (Å²) in [5, 5.41) is 11.7. The quantitative estimate of drug-likeness (QED) is 0.236. The molecule has 4 aliphatic heterocycles. The first-order valence-corrected chi connectivity index (χ1v) is 16.3. The lowest BCUT2D eigenvalue weighted by molar-refractivity contribution is -0.145. The van der Waals surface area contributed by atoms with Crippen LogP contribution in [-0.2, 0) is 29.2 Å². The number of methoxy groups -OCH3 is 1. The number of benzene rings is 4. The Hall–Kier alpha value is -4.99. The second kappa shape index (κ2) is 11.9. The minimum Gasteiger partial charge on any atom is -0.507 e. The molecule has 9 nitrogen and oxygen atoms in total. The largest absolute Gasteiger partial charge is 0.507 e. The van der Waals surface area contributed by atoms with Crippen LogP contribution in [0.5, 0.6) is 28.7 Å². The number of hydrogen-bond donors (Lipinski definition) is 1. The first kappa shape index (κ1) is 30.4. The van der Waals surface area contributed by atoms with Crippen LogP contribution in [0.3, 0.4) is 0 Å². The van der Waals surface area contributed by atoms with Crippen molar-refractivity contribution in [3.05, 3.63) is 117 Å². The van der Waals surface area contributed by atoms with Crippen LogP contribution in [0.2, 0.25) is 0 Å². The highest BCUT2D eigenvalue weighted by Crippen LogP contribution is 2.58. The summed E-state index contributed by atoms with van der Waals surface area (Å²) in [6.45, 7) is 4.79. The molecule has 1 fully saturated rings. The van der Waals surface area contributed by atoms with Gasteiger partial charge in [-0.15, -0.1) is 0 Å². The summed E-state index contributed by atoms with van der Waals surface area (Å²) in [6, 6.07) is 20.8. The maximum atomic E-state index is 14.7. The fourth-order valence-electron chi connectivity index (χ4n) is 7.79. The number of phenols is 1. The summed E-state index contributed by atoms with van der Waals surface area (Å²) < 4.78 is 30.9. The molecule has 1 saturated heterocycles. The number of likely N-dealkylation sites (N-methyl/N-ethyl adjacent to an activating group) is 1. The highest BCUT2D eigenvalue weighted by molar-refractivity contribution is 5.91. The molecule has 0 aromatic heterocycles. The van der Waals surface area contributed by atoms with Gasteiger partial charge in [0.25, 0.3) is 0 Å². The smallest absolute Gasteiger partial charge is 0.245 e. The van der Waals surface area contributed by atoms with Crippen molar-refractivity contribution < 1.29 is 33.6 Å². The third-order valence-corrected chi connectivity index (χ3v) is 10.1.